The number of carbonyl (C=O) groups is 1. The normalized spacial score (nSPS) is 10.7. The van der Waals surface area contributed by atoms with E-state index < -0.39 is 0 Å². The molecule has 1 amide bonds. The van der Waals surface area contributed by atoms with Crippen LogP contribution in [0, 0.1) is 13.8 Å². The molecule has 100 valence electrons. The zero-order valence-electron chi connectivity index (χ0n) is 11.4. The standard InChI is InChI=1S/C17H15NOS/c1-11-7-8-12(2)14(9-11)18-17(19)16-10-13-5-3-4-6-15(13)20-16/h3-10H,1-2H3,(H,18,19). The molecule has 0 aliphatic carbocycles. The largest absolute Gasteiger partial charge is 0.321 e. The maximum absolute atomic E-state index is 12.3. The van der Waals surface area contributed by atoms with Gasteiger partial charge in [-0.2, -0.15) is 0 Å². The first kappa shape index (κ1) is 12.9. The number of nitrogens with one attached hydrogen (secondary N) is 1. The van der Waals surface area contributed by atoms with Gasteiger partial charge in [0.05, 0.1) is 4.88 Å². The van der Waals surface area contributed by atoms with Crippen molar-refractivity contribution in [1.29, 1.82) is 0 Å². The van der Waals surface area contributed by atoms with Gasteiger partial charge in [0.2, 0.25) is 0 Å². The smallest absolute Gasteiger partial charge is 0.265 e. The molecule has 2 nitrogen and oxygen atoms in total. The predicted octanol–water partition coefficient (Wildman–Crippen LogP) is 4.77. The van der Waals surface area contributed by atoms with Crippen molar-refractivity contribution in [1.82, 2.24) is 0 Å². The van der Waals surface area contributed by atoms with Crippen molar-refractivity contribution in [2.75, 3.05) is 5.32 Å². The molecule has 0 aliphatic rings. The minimum atomic E-state index is -0.0418. The SMILES string of the molecule is Cc1ccc(C)c(NC(=O)c2cc3ccccc3s2)c1. The van der Waals surface area contributed by atoms with Crippen molar-refractivity contribution >= 4 is 33.0 Å². The number of hydrogen-bond acceptors (Lipinski definition) is 2. The molecule has 0 spiro atoms. The fraction of sp³-hybridized carbons (Fsp3) is 0.118. The van der Waals surface area contributed by atoms with Crippen LogP contribution in [0.25, 0.3) is 10.1 Å². The summed E-state index contributed by atoms with van der Waals surface area (Å²) >= 11 is 1.52. The van der Waals surface area contributed by atoms with Crippen molar-refractivity contribution in [3.63, 3.8) is 0 Å². The molecule has 3 aromatic rings. The molecule has 0 radical (unpaired) electrons. The molecule has 1 N–H and O–H groups in total. The maximum atomic E-state index is 12.3. The molecule has 1 heterocycles. The second kappa shape index (κ2) is 5.10. The molecule has 3 heteroatoms. The summed E-state index contributed by atoms with van der Waals surface area (Å²) in [4.78, 5) is 13.1. The molecule has 0 fully saturated rings. The molecule has 1 aromatic heterocycles. The summed E-state index contributed by atoms with van der Waals surface area (Å²) < 4.78 is 1.14. The van der Waals surface area contributed by atoms with Gasteiger partial charge in [-0.3, -0.25) is 4.79 Å². The van der Waals surface area contributed by atoms with Gasteiger partial charge < -0.3 is 5.32 Å². The second-order valence-electron chi connectivity index (χ2n) is 4.92. The van der Waals surface area contributed by atoms with E-state index in [-0.39, 0.29) is 5.91 Å². The summed E-state index contributed by atoms with van der Waals surface area (Å²) in [7, 11) is 0. The van der Waals surface area contributed by atoms with E-state index >= 15 is 0 Å². The second-order valence-corrected chi connectivity index (χ2v) is 6.00. The lowest BCUT2D eigenvalue weighted by molar-refractivity contribution is 0.103. The minimum absolute atomic E-state index is 0.0418. The molecule has 0 aliphatic heterocycles. The van der Waals surface area contributed by atoms with E-state index in [4.69, 9.17) is 0 Å². The number of fused-ring (bicyclic) bond motifs is 1. The molecule has 3 rings (SSSR count). The minimum Gasteiger partial charge on any atom is -0.321 e. The van der Waals surface area contributed by atoms with E-state index in [2.05, 4.69) is 5.32 Å². The number of aryl methyl sites for hydroxylation is 2. The van der Waals surface area contributed by atoms with Crippen LogP contribution >= 0.6 is 11.3 Å². The van der Waals surface area contributed by atoms with E-state index in [1.165, 1.54) is 11.3 Å². The third kappa shape index (κ3) is 2.45. The van der Waals surface area contributed by atoms with E-state index in [0.29, 0.717) is 0 Å². The maximum Gasteiger partial charge on any atom is 0.265 e. The highest BCUT2D eigenvalue weighted by molar-refractivity contribution is 7.20. The Kier molecular flexibility index (Phi) is 3.28. The van der Waals surface area contributed by atoms with Gasteiger partial charge in [-0.15, -0.1) is 11.3 Å². The Hall–Kier alpha value is -2.13. The Balaban J connectivity index is 1.90. The number of amides is 1. The average molecular weight is 281 g/mol. The van der Waals surface area contributed by atoms with E-state index in [1.54, 1.807) is 0 Å². The highest BCUT2D eigenvalue weighted by Gasteiger charge is 2.11. The first-order valence-corrected chi connectivity index (χ1v) is 7.32. The van der Waals surface area contributed by atoms with E-state index in [9.17, 15) is 4.79 Å². The molecule has 0 bridgehead atoms. The zero-order valence-corrected chi connectivity index (χ0v) is 12.3. The first-order valence-electron chi connectivity index (χ1n) is 6.51. The third-order valence-electron chi connectivity index (χ3n) is 3.29. The van der Waals surface area contributed by atoms with Gasteiger partial charge in [0.25, 0.3) is 5.91 Å². The van der Waals surface area contributed by atoms with Crippen LogP contribution in [-0.4, -0.2) is 5.91 Å². The van der Waals surface area contributed by atoms with Gasteiger partial charge in [-0.25, -0.2) is 0 Å². The summed E-state index contributed by atoms with van der Waals surface area (Å²) in [6, 6.07) is 16.1. The third-order valence-corrected chi connectivity index (χ3v) is 4.41. The number of rotatable bonds is 2. The fourth-order valence-electron chi connectivity index (χ4n) is 2.15. The molecule has 0 unspecified atom stereocenters. The Labute approximate surface area is 122 Å². The quantitative estimate of drug-likeness (QED) is 0.720. The highest BCUT2D eigenvalue weighted by Crippen LogP contribution is 2.26. The zero-order chi connectivity index (χ0) is 14.1. The molecular weight excluding hydrogens is 266 g/mol. The monoisotopic (exact) mass is 281 g/mol. The molecule has 2 aromatic carbocycles. The van der Waals surface area contributed by atoms with Crippen molar-refractivity contribution < 1.29 is 4.79 Å². The number of anilines is 1. The van der Waals surface area contributed by atoms with Gasteiger partial charge in [0, 0.05) is 10.4 Å². The van der Waals surface area contributed by atoms with Crippen LogP contribution in [0.15, 0.2) is 48.5 Å². The van der Waals surface area contributed by atoms with E-state index in [1.807, 2.05) is 62.4 Å². The lowest BCUT2D eigenvalue weighted by Gasteiger charge is -2.08. The Morgan fingerprint density at radius 3 is 2.65 bits per heavy atom. The molecule has 0 saturated heterocycles. The van der Waals surface area contributed by atoms with Gasteiger partial charge in [0.15, 0.2) is 0 Å². The van der Waals surface area contributed by atoms with E-state index in [0.717, 1.165) is 31.8 Å². The number of benzene rings is 2. The first-order chi connectivity index (χ1) is 9.63. The Morgan fingerprint density at radius 2 is 1.85 bits per heavy atom. The van der Waals surface area contributed by atoms with Crippen LogP contribution < -0.4 is 5.32 Å². The lowest BCUT2D eigenvalue weighted by Crippen LogP contribution is -2.11. The van der Waals surface area contributed by atoms with Crippen molar-refractivity contribution in [2.24, 2.45) is 0 Å². The summed E-state index contributed by atoms with van der Waals surface area (Å²) in [6.45, 7) is 4.02. The summed E-state index contributed by atoms with van der Waals surface area (Å²) in [6.07, 6.45) is 0. The van der Waals surface area contributed by atoms with Crippen molar-refractivity contribution in [3.05, 3.63) is 64.5 Å². The van der Waals surface area contributed by atoms with Crippen LogP contribution in [0.1, 0.15) is 20.8 Å². The lowest BCUT2D eigenvalue weighted by atomic mass is 10.1. The number of hydrogen-bond donors (Lipinski definition) is 1. The van der Waals surface area contributed by atoms with Gasteiger partial charge >= 0.3 is 0 Å². The van der Waals surface area contributed by atoms with Crippen LogP contribution in [0.3, 0.4) is 0 Å². The summed E-state index contributed by atoms with van der Waals surface area (Å²) in [5.74, 6) is -0.0418. The number of carbonyl (C=O) groups excluding carboxylic acids is 1. The summed E-state index contributed by atoms with van der Waals surface area (Å²) in [5.41, 5.74) is 3.10. The highest BCUT2D eigenvalue weighted by atomic mass is 32.1. The molecule has 0 saturated carbocycles. The van der Waals surface area contributed by atoms with Crippen LogP contribution in [0.5, 0.6) is 0 Å². The molecule has 20 heavy (non-hydrogen) atoms. The Bertz CT molecular complexity index is 756. The van der Waals surface area contributed by atoms with Crippen LogP contribution in [0.2, 0.25) is 0 Å². The predicted molar refractivity (Wildman–Crippen MR) is 85.7 cm³/mol. The van der Waals surface area contributed by atoms with Crippen molar-refractivity contribution in [3.8, 4) is 0 Å². The van der Waals surface area contributed by atoms with Gasteiger partial charge in [-0.05, 0) is 48.6 Å². The molecular formula is C17H15NOS. The molecule has 0 atom stereocenters. The summed E-state index contributed by atoms with van der Waals surface area (Å²) in [5, 5.41) is 4.11. The number of thiophene rings is 1. The average Bonchev–Trinajstić information content (AvgIpc) is 2.87. The van der Waals surface area contributed by atoms with Gasteiger partial charge in [0.1, 0.15) is 0 Å². The van der Waals surface area contributed by atoms with Crippen LogP contribution in [0.4, 0.5) is 5.69 Å². The Morgan fingerprint density at radius 1 is 1.05 bits per heavy atom. The fourth-order valence-corrected chi connectivity index (χ4v) is 3.11. The topological polar surface area (TPSA) is 29.1 Å². The van der Waals surface area contributed by atoms with Crippen molar-refractivity contribution in [2.45, 2.75) is 13.8 Å². The van der Waals surface area contributed by atoms with Crippen LogP contribution in [-0.2, 0) is 0 Å². The van der Waals surface area contributed by atoms with Gasteiger partial charge in [-0.1, -0.05) is 30.3 Å².